The number of rotatable bonds is 1. The molecule has 1 atom stereocenters. The van der Waals surface area contributed by atoms with Crippen LogP contribution in [-0.2, 0) is 0 Å². The van der Waals surface area contributed by atoms with Gasteiger partial charge in [-0.2, -0.15) is 0 Å². The number of hydrogen-bond acceptors (Lipinski definition) is 1. The molecule has 1 N–H and O–H groups in total. The van der Waals surface area contributed by atoms with Crippen LogP contribution in [0.4, 0.5) is 0 Å². The molecule has 1 aliphatic rings. The Bertz CT molecular complexity index is 112. The van der Waals surface area contributed by atoms with Crippen molar-refractivity contribution < 1.29 is 9.59 Å². The predicted molar refractivity (Wildman–Crippen MR) is 41.7 cm³/mol. The fraction of sp³-hybridized carbons (Fsp3) is 1.00. The molecule has 2 heteroatoms. The lowest BCUT2D eigenvalue weighted by Crippen LogP contribution is -2.53. The van der Waals surface area contributed by atoms with Gasteiger partial charge in [-0.3, -0.25) is 0 Å². The van der Waals surface area contributed by atoms with E-state index in [2.05, 4.69) is 14.1 Å². The molecule has 0 saturated carbocycles. The van der Waals surface area contributed by atoms with Gasteiger partial charge in [0.1, 0.15) is 6.04 Å². The maximum atomic E-state index is 9.01. The Labute approximate surface area is 63.1 Å². The maximum Gasteiger partial charge on any atom is 0.112 e. The normalized spacial score (nSPS) is 32.1. The van der Waals surface area contributed by atoms with Gasteiger partial charge in [0.2, 0.25) is 0 Å². The van der Waals surface area contributed by atoms with Crippen molar-refractivity contribution in [3.63, 3.8) is 0 Å². The van der Waals surface area contributed by atoms with Crippen molar-refractivity contribution in [3.8, 4) is 0 Å². The number of hydrogen-bond donors (Lipinski definition) is 1. The van der Waals surface area contributed by atoms with Gasteiger partial charge >= 0.3 is 0 Å². The average molecular weight is 144 g/mol. The second-order valence-electron chi connectivity index (χ2n) is 3.83. The van der Waals surface area contributed by atoms with Crippen molar-refractivity contribution in [3.05, 3.63) is 0 Å². The van der Waals surface area contributed by atoms with Crippen LogP contribution in [0.1, 0.15) is 19.3 Å². The van der Waals surface area contributed by atoms with Crippen molar-refractivity contribution >= 4 is 0 Å². The Morgan fingerprint density at radius 2 is 2.10 bits per heavy atom. The highest BCUT2D eigenvalue weighted by molar-refractivity contribution is 4.62. The fourth-order valence-corrected chi connectivity index (χ4v) is 1.74. The van der Waals surface area contributed by atoms with Crippen molar-refractivity contribution in [2.45, 2.75) is 25.3 Å². The fourth-order valence-electron chi connectivity index (χ4n) is 1.74. The highest BCUT2D eigenvalue weighted by Crippen LogP contribution is 2.20. The monoisotopic (exact) mass is 144 g/mol. The van der Waals surface area contributed by atoms with E-state index in [-0.39, 0.29) is 0 Å². The molecule has 0 aliphatic carbocycles. The Morgan fingerprint density at radius 1 is 1.40 bits per heavy atom. The number of piperidine rings is 1. The van der Waals surface area contributed by atoms with Crippen LogP contribution in [0.5, 0.6) is 0 Å². The van der Waals surface area contributed by atoms with E-state index in [1.807, 2.05) is 0 Å². The molecule has 0 spiro atoms. The Hall–Kier alpha value is -0.0800. The molecule has 0 amide bonds. The number of aliphatic hydroxyl groups is 1. The van der Waals surface area contributed by atoms with Gasteiger partial charge in [-0.15, -0.1) is 0 Å². The summed E-state index contributed by atoms with van der Waals surface area (Å²) in [5, 5.41) is 9.01. The van der Waals surface area contributed by atoms with E-state index in [1.54, 1.807) is 0 Å². The Balaban J connectivity index is 2.51. The summed E-state index contributed by atoms with van der Waals surface area (Å²) in [7, 11) is 4.42. The molecular formula is C8H18NO+. The molecule has 0 aromatic carbocycles. The number of likely N-dealkylation sites (N-methyl/N-ethyl adjacent to an activating group) is 1. The molecule has 0 radical (unpaired) electrons. The number of nitrogens with zero attached hydrogens (tertiary/aromatic N) is 1. The standard InChI is InChI=1S/C8H18NO/c1-9(2)6-4-3-5-8(9)7-10/h8,10H,3-7H2,1-2H3/q+1. The molecule has 0 bridgehead atoms. The van der Waals surface area contributed by atoms with Gasteiger partial charge in [-0.05, 0) is 12.8 Å². The highest BCUT2D eigenvalue weighted by Gasteiger charge is 2.30. The molecule has 0 aromatic heterocycles. The van der Waals surface area contributed by atoms with Crippen LogP contribution in [-0.4, -0.2) is 42.9 Å². The second-order valence-corrected chi connectivity index (χ2v) is 3.83. The predicted octanol–water partition coefficient (Wildman–Crippen LogP) is 0.608. The quantitative estimate of drug-likeness (QED) is 0.535. The lowest BCUT2D eigenvalue weighted by molar-refractivity contribution is -0.920. The van der Waals surface area contributed by atoms with Crippen LogP contribution in [0.3, 0.4) is 0 Å². The molecule has 0 aromatic rings. The average Bonchev–Trinajstić information content (AvgIpc) is 1.87. The summed E-state index contributed by atoms with van der Waals surface area (Å²) in [5.74, 6) is 0. The van der Waals surface area contributed by atoms with E-state index in [1.165, 1.54) is 25.8 Å². The molecule has 1 fully saturated rings. The molecule has 10 heavy (non-hydrogen) atoms. The first-order chi connectivity index (χ1) is 4.67. The van der Waals surface area contributed by atoms with Crippen LogP contribution in [0, 0.1) is 0 Å². The van der Waals surface area contributed by atoms with Gasteiger partial charge in [-0.25, -0.2) is 0 Å². The highest BCUT2D eigenvalue weighted by atomic mass is 16.3. The maximum absolute atomic E-state index is 9.01. The zero-order valence-corrected chi connectivity index (χ0v) is 7.01. The van der Waals surface area contributed by atoms with Crippen LogP contribution in [0.15, 0.2) is 0 Å². The van der Waals surface area contributed by atoms with Gasteiger partial charge in [0, 0.05) is 6.42 Å². The van der Waals surface area contributed by atoms with Gasteiger partial charge in [0.25, 0.3) is 0 Å². The first-order valence-corrected chi connectivity index (χ1v) is 4.10. The van der Waals surface area contributed by atoms with E-state index in [4.69, 9.17) is 5.11 Å². The lowest BCUT2D eigenvalue weighted by atomic mass is 10.0. The number of aliphatic hydroxyl groups excluding tert-OH is 1. The smallest absolute Gasteiger partial charge is 0.112 e. The van der Waals surface area contributed by atoms with Crippen molar-refractivity contribution in [1.29, 1.82) is 0 Å². The van der Waals surface area contributed by atoms with Crippen LogP contribution in [0.25, 0.3) is 0 Å². The Morgan fingerprint density at radius 3 is 2.50 bits per heavy atom. The van der Waals surface area contributed by atoms with Crippen molar-refractivity contribution in [2.75, 3.05) is 27.2 Å². The molecule has 60 valence electrons. The first kappa shape index (κ1) is 8.02. The van der Waals surface area contributed by atoms with Crippen LogP contribution in [0.2, 0.25) is 0 Å². The summed E-state index contributed by atoms with van der Waals surface area (Å²) in [6.45, 7) is 1.58. The number of quaternary nitrogens is 1. The van der Waals surface area contributed by atoms with Crippen molar-refractivity contribution in [1.82, 2.24) is 0 Å². The Kier molecular flexibility index (Phi) is 2.32. The molecule has 1 unspecified atom stereocenters. The second kappa shape index (κ2) is 2.89. The summed E-state index contributed by atoms with van der Waals surface area (Å²) in [6.07, 6.45) is 3.82. The molecule has 2 nitrogen and oxygen atoms in total. The first-order valence-electron chi connectivity index (χ1n) is 4.10. The third-order valence-electron chi connectivity index (χ3n) is 2.72. The summed E-state index contributed by atoms with van der Waals surface area (Å²) in [6, 6.07) is 0.494. The third kappa shape index (κ3) is 1.50. The minimum atomic E-state index is 0.354. The van der Waals surface area contributed by atoms with Gasteiger partial charge in [0.15, 0.2) is 0 Å². The topological polar surface area (TPSA) is 20.2 Å². The third-order valence-corrected chi connectivity index (χ3v) is 2.72. The van der Waals surface area contributed by atoms with Gasteiger partial charge < -0.3 is 9.59 Å². The van der Waals surface area contributed by atoms with E-state index >= 15 is 0 Å². The van der Waals surface area contributed by atoms with Crippen LogP contribution >= 0.6 is 0 Å². The largest absolute Gasteiger partial charge is 0.390 e. The van der Waals surface area contributed by atoms with Gasteiger partial charge in [-0.1, -0.05) is 0 Å². The minimum absolute atomic E-state index is 0.354. The molecule has 1 aliphatic heterocycles. The SMILES string of the molecule is C[N+]1(C)CCCCC1CO. The summed E-state index contributed by atoms with van der Waals surface area (Å²) in [4.78, 5) is 0. The minimum Gasteiger partial charge on any atom is -0.390 e. The van der Waals surface area contributed by atoms with Crippen molar-refractivity contribution in [2.24, 2.45) is 0 Å². The zero-order valence-electron chi connectivity index (χ0n) is 7.01. The summed E-state index contributed by atoms with van der Waals surface area (Å²) in [5.41, 5.74) is 0. The van der Waals surface area contributed by atoms with E-state index in [0.717, 1.165) is 4.48 Å². The van der Waals surface area contributed by atoms with Gasteiger partial charge in [0.05, 0.1) is 27.2 Å². The molecule has 1 rings (SSSR count). The van der Waals surface area contributed by atoms with Crippen LogP contribution < -0.4 is 0 Å². The zero-order chi connectivity index (χ0) is 7.61. The number of likely N-dealkylation sites (tertiary alicyclic amines) is 1. The lowest BCUT2D eigenvalue weighted by Gasteiger charge is -2.40. The summed E-state index contributed by atoms with van der Waals surface area (Å²) >= 11 is 0. The van der Waals surface area contributed by atoms with E-state index in [9.17, 15) is 0 Å². The molecule has 1 saturated heterocycles. The van der Waals surface area contributed by atoms with E-state index < -0.39 is 0 Å². The molecule has 1 heterocycles. The van der Waals surface area contributed by atoms with E-state index in [0.29, 0.717) is 12.6 Å². The summed E-state index contributed by atoms with van der Waals surface area (Å²) < 4.78 is 1.01. The molecular weight excluding hydrogens is 126 g/mol.